The summed E-state index contributed by atoms with van der Waals surface area (Å²) in [5, 5.41) is 18.6. The first kappa shape index (κ1) is 15.8. The van der Waals surface area contributed by atoms with Gasteiger partial charge in [0.1, 0.15) is 28.2 Å². The molecule has 0 radical (unpaired) electrons. The van der Waals surface area contributed by atoms with Crippen LogP contribution in [-0.2, 0) is 0 Å². The Morgan fingerprint density at radius 1 is 1.09 bits per heavy atom. The number of aromatic nitrogens is 2. The molecule has 22 heavy (non-hydrogen) atoms. The molecule has 0 aliphatic heterocycles. The van der Waals surface area contributed by atoms with Crippen LogP contribution >= 0.6 is 11.8 Å². The van der Waals surface area contributed by atoms with Gasteiger partial charge in [-0.25, -0.2) is 9.97 Å². The maximum absolute atomic E-state index is 9.17. The predicted octanol–water partition coefficient (Wildman–Crippen LogP) is 3.01. The second-order valence-corrected chi connectivity index (χ2v) is 5.56. The van der Waals surface area contributed by atoms with Crippen molar-refractivity contribution in [3.8, 4) is 17.9 Å². The van der Waals surface area contributed by atoms with E-state index in [9.17, 15) is 5.26 Å². The lowest BCUT2D eigenvalue weighted by atomic mass is 10.2. The van der Waals surface area contributed by atoms with Gasteiger partial charge in [-0.3, -0.25) is 0 Å². The first-order valence-electron chi connectivity index (χ1n) is 6.65. The summed E-state index contributed by atoms with van der Waals surface area (Å²) in [4.78, 5) is 8.50. The van der Waals surface area contributed by atoms with Crippen LogP contribution in [0.4, 0.5) is 0 Å². The lowest BCUT2D eigenvalue weighted by Crippen LogP contribution is -2.03. The van der Waals surface area contributed by atoms with Gasteiger partial charge in [0, 0.05) is 5.75 Å². The molecule has 2 aromatic rings. The molecule has 1 aromatic carbocycles. The quantitative estimate of drug-likeness (QED) is 0.479. The van der Waals surface area contributed by atoms with E-state index in [0.717, 1.165) is 5.75 Å². The molecule has 0 fully saturated rings. The Morgan fingerprint density at radius 2 is 1.82 bits per heavy atom. The predicted molar refractivity (Wildman–Crippen MR) is 83.6 cm³/mol. The first-order chi connectivity index (χ1) is 10.6. The van der Waals surface area contributed by atoms with Crippen molar-refractivity contribution in [2.24, 2.45) is 0 Å². The van der Waals surface area contributed by atoms with Gasteiger partial charge in [0.05, 0.1) is 23.9 Å². The minimum atomic E-state index is 0.490. The molecule has 0 N–H and O–H groups in total. The zero-order chi connectivity index (χ0) is 15.9. The molecule has 0 aliphatic carbocycles. The smallest absolute Gasteiger partial charge is 0.126 e. The van der Waals surface area contributed by atoms with E-state index < -0.39 is 0 Å². The van der Waals surface area contributed by atoms with E-state index in [4.69, 9.17) is 10.00 Å². The van der Waals surface area contributed by atoms with Gasteiger partial charge in [-0.05, 0) is 38.1 Å². The fourth-order valence-corrected chi connectivity index (χ4v) is 2.73. The molecule has 1 aromatic heterocycles. The highest BCUT2D eigenvalue weighted by molar-refractivity contribution is 7.99. The summed E-state index contributed by atoms with van der Waals surface area (Å²) in [7, 11) is 0. The summed E-state index contributed by atoms with van der Waals surface area (Å²) >= 11 is 1.48. The fourth-order valence-electron chi connectivity index (χ4n) is 1.84. The van der Waals surface area contributed by atoms with Gasteiger partial charge in [-0.15, -0.1) is 11.8 Å². The Morgan fingerprint density at radius 3 is 2.45 bits per heavy atom. The molecule has 110 valence electrons. The monoisotopic (exact) mass is 310 g/mol. The summed E-state index contributed by atoms with van der Waals surface area (Å²) in [6.07, 6.45) is 0. The molecule has 6 heteroatoms. The van der Waals surface area contributed by atoms with E-state index in [2.05, 4.69) is 22.1 Å². The number of thioether (sulfide) groups is 1. The number of nitrogens with zero attached hydrogens (tertiary/aromatic N) is 4. The third kappa shape index (κ3) is 3.97. The summed E-state index contributed by atoms with van der Waals surface area (Å²) in [6, 6.07) is 11.2. The Kier molecular flexibility index (Phi) is 5.35. The van der Waals surface area contributed by atoms with Crippen LogP contribution in [-0.4, -0.2) is 22.3 Å². The van der Waals surface area contributed by atoms with E-state index in [1.807, 2.05) is 13.8 Å². The number of nitriles is 2. The van der Waals surface area contributed by atoms with Gasteiger partial charge < -0.3 is 4.74 Å². The van der Waals surface area contributed by atoms with Crippen LogP contribution in [0.1, 0.15) is 22.6 Å². The molecule has 2 rings (SSSR count). The van der Waals surface area contributed by atoms with Crippen molar-refractivity contribution in [3.63, 3.8) is 0 Å². The lowest BCUT2D eigenvalue weighted by Gasteiger charge is -2.08. The van der Waals surface area contributed by atoms with E-state index >= 15 is 0 Å². The molecule has 0 unspecified atom stereocenters. The zero-order valence-corrected chi connectivity index (χ0v) is 13.1. The standard InChI is InChI=1S/C16H14N4OS/c1-11-15(10-18)16(20-12(2)19-11)22-8-7-21-14-5-3-13(9-17)4-6-14/h3-6H,7-8H2,1-2H3. The van der Waals surface area contributed by atoms with Crippen molar-refractivity contribution < 1.29 is 4.74 Å². The molecule has 0 bridgehead atoms. The van der Waals surface area contributed by atoms with E-state index in [1.165, 1.54) is 11.8 Å². The summed E-state index contributed by atoms with van der Waals surface area (Å²) in [5.74, 6) is 2.05. The molecule has 0 saturated carbocycles. The highest BCUT2D eigenvalue weighted by atomic mass is 32.2. The highest BCUT2D eigenvalue weighted by Gasteiger charge is 2.10. The van der Waals surface area contributed by atoms with Crippen molar-refractivity contribution in [2.75, 3.05) is 12.4 Å². The van der Waals surface area contributed by atoms with Crippen molar-refractivity contribution in [1.29, 1.82) is 10.5 Å². The molecular weight excluding hydrogens is 296 g/mol. The van der Waals surface area contributed by atoms with Crippen LogP contribution in [0.25, 0.3) is 0 Å². The fraction of sp³-hybridized carbons (Fsp3) is 0.250. The van der Waals surface area contributed by atoms with Gasteiger partial charge in [0.15, 0.2) is 0 Å². The lowest BCUT2D eigenvalue weighted by molar-refractivity contribution is 0.344. The number of aryl methyl sites for hydroxylation is 2. The van der Waals surface area contributed by atoms with Crippen LogP contribution in [0.15, 0.2) is 29.3 Å². The number of hydrogen-bond donors (Lipinski definition) is 0. The minimum absolute atomic E-state index is 0.490. The van der Waals surface area contributed by atoms with Crippen LogP contribution in [0.5, 0.6) is 5.75 Å². The molecule has 0 amide bonds. The highest BCUT2D eigenvalue weighted by Crippen LogP contribution is 2.22. The second kappa shape index (κ2) is 7.44. The maximum atomic E-state index is 9.17. The summed E-state index contributed by atoms with van der Waals surface area (Å²) in [6.45, 7) is 4.11. The molecular formula is C16H14N4OS. The number of ether oxygens (including phenoxy) is 1. The SMILES string of the molecule is Cc1nc(C)c(C#N)c(SCCOc2ccc(C#N)cc2)n1. The summed E-state index contributed by atoms with van der Waals surface area (Å²) in [5.41, 5.74) is 1.83. The minimum Gasteiger partial charge on any atom is -0.493 e. The molecule has 0 spiro atoms. The average molecular weight is 310 g/mol. The number of hydrogen-bond acceptors (Lipinski definition) is 6. The molecule has 0 saturated heterocycles. The van der Waals surface area contributed by atoms with Crippen LogP contribution in [0.3, 0.4) is 0 Å². The second-order valence-electron chi connectivity index (χ2n) is 4.48. The maximum Gasteiger partial charge on any atom is 0.126 e. The van der Waals surface area contributed by atoms with Crippen LogP contribution in [0, 0.1) is 36.5 Å². The topological polar surface area (TPSA) is 82.6 Å². The van der Waals surface area contributed by atoms with Crippen molar-refractivity contribution in [2.45, 2.75) is 18.9 Å². The summed E-state index contributed by atoms with van der Waals surface area (Å²) < 4.78 is 5.60. The van der Waals surface area contributed by atoms with Crippen LogP contribution in [0.2, 0.25) is 0 Å². The van der Waals surface area contributed by atoms with E-state index in [1.54, 1.807) is 24.3 Å². The van der Waals surface area contributed by atoms with Crippen molar-refractivity contribution >= 4 is 11.8 Å². The Labute approximate surface area is 133 Å². The Balaban J connectivity index is 1.91. The van der Waals surface area contributed by atoms with E-state index in [0.29, 0.717) is 40.0 Å². The Hall–Kier alpha value is -2.57. The largest absolute Gasteiger partial charge is 0.493 e. The van der Waals surface area contributed by atoms with Crippen molar-refractivity contribution in [1.82, 2.24) is 9.97 Å². The van der Waals surface area contributed by atoms with E-state index in [-0.39, 0.29) is 0 Å². The Bertz CT molecular complexity index is 744. The van der Waals surface area contributed by atoms with Gasteiger partial charge in [-0.1, -0.05) is 0 Å². The third-order valence-electron chi connectivity index (χ3n) is 2.85. The molecule has 0 aliphatic rings. The number of rotatable bonds is 5. The van der Waals surface area contributed by atoms with Gasteiger partial charge in [-0.2, -0.15) is 10.5 Å². The zero-order valence-electron chi connectivity index (χ0n) is 12.3. The van der Waals surface area contributed by atoms with Gasteiger partial charge in [0.25, 0.3) is 0 Å². The molecule has 5 nitrogen and oxygen atoms in total. The average Bonchev–Trinajstić information content (AvgIpc) is 2.52. The normalized spacial score (nSPS) is 9.82. The molecule has 0 atom stereocenters. The molecule has 1 heterocycles. The van der Waals surface area contributed by atoms with Gasteiger partial charge >= 0.3 is 0 Å². The third-order valence-corrected chi connectivity index (χ3v) is 3.79. The first-order valence-corrected chi connectivity index (χ1v) is 7.63. The van der Waals surface area contributed by atoms with Crippen molar-refractivity contribution in [3.05, 3.63) is 46.9 Å². The van der Waals surface area contributed by atoms with Gasteiger partial charge in [0.2, 0.25) is 0 Å². The number of benzene rings is 1. The van der Waals surface area contributed by atoms with Crippen LogP contribution < -0.4 is 4.74 Å².